The van der Waals surface area contributed by atoms with Gasteiger partial charge in [0.2, 0.25) is 10.0 Å². The van der Waals surface area contributed by atoms with Crippen molar-refractivity contribution in [1.82, 2.24) is 14.9 Å². The number of rotatable bonds is 4. The highest BCUT2D eigenvalue weighted by Gasteiger charge is 2.21. The summed E-state index contributed by atoms with van der Waals surface area (Å²) in [5.74, 6) is 0. The maximum absolute atomic E-state index is 12.2. The molecule has 0 amide bonds. The summed E-state index contributed by atoms with van der Waals surface area (Å²) in [5.41, 5.74) is 8.04. The van der Waals surface area contributed by atoms with Gasteiger partial charge in [-0.15, -0.1) is 0 Å². The van der Waals surface area contributed by atoms with Crippen molar-refractivity contribution in [2.24, 2.45) is 0 Å². The summed E-state index contributed by atoms with van der Waals surface area (Å²) in [5, 5.41) is 6.55. The lowest BCUT2D eigenvalue weighted by atomic mass is 10.2. The van der Waals surface area contributed by atoms with Gasteiger partial charge in [-0.1, -0.05) is 12.1 Å². The molecule has 0 radical (unpaired) electrons. The van der Waals surface area contributed by atoms with Crippen LogP contribution in [-0.4, -0.2) is 18.6 Å². The molecule has 19 heavy (non-hydrogen) atoms. The van der Waals surface area contributed by atoms with E-state index < -0.39 is 10.0 Å². The Kier molecular flexibility index (Phi) is 3.59. The topological polar surface area (TPSA) is 101 Å². The van der Waals surface area contributed by atoms with Crippen molar-refractivity contribution in [3.8, 4) is 0 Å². The number of aromatic amines is 1. The number of aromatic nitrogens is 2. The van der Waals surface area contributed by atoms with Crippen LogP contribution in [0.2, 0.25) is 0 Å². The second-order valence-corrected chi connectivity index (χ2v) is 6.04. The van der Waals surface area contributed by atoms with E-state index in [-0.39, 0.29) is 11.4 Å². The van der Waals surface area contributed by atoms with Crippen LogP contribution in [0.3, 0.4) is 0 Å². The van der Waals surface area contributed by atoms with E-state index in [1.807, 2.05) is 6.07 Å². The van der Waals surface area contributed by atoms with E-state index in [1.54, 1.807) is 32.0 Å². The Hall–Kier alpha value is -1.86. The minimum absolute atomic E-state index is 0.192. The summed E-state index contributed by atoms with van der Waals surface area (Å²) >= 11 is 0. The Balaban J connectivity index is 2.19. The highest BCUT2D eigenvalue weighted by Crippen LogP contribution is 2.17. The van der Waals surface area contributed by atoms with Crippen molar-refractivity contribution in [1.29, 1.82) is 0 Å². The van der Waals surface area contributed by atoms with Crippen LogP contribution in [-0.2, 0) is 16.6 Å². The SMILES string of the molecule is Cc1n[nH]c(C)c1S(=O)(=O)NCc1cccc(N)c1. The molecule has 0 spiro atoms. The molecule has 0 aliphatic carbocycles. The molecule has 4 N–H and O–H groups in total. The van der Waals surface area contributed by atoms with Crippen LogP contribution >= 0.6 is 0 Å². The van der Waals surface area contributed by atoms with Crippen LogP contribution in [0.25, 0.3) is 0 Å². The molecule has 2 aromatic rings. The molecule has 0 saturated heterocycles. The molecule has 6 nitrogen and oxygen atoms in total. The van der Waals surface area contributed by atoms with E-state index in [2.05, 4.69) is 14.9 Å². The summed E-state index contributed by atoms with van der Waals surface area (Å²) in [4.78, 5) is 0.205. The third kappa shape index (κ3) is 2.94. The predicted octanol–water partition coefficient (Wildman–Crippen LogP) is 1.09. The number of hydrogen-bond donors (Lipinski definition) is 3. The van der Waals surface area contributed by atoms with Gasteiger partial charge in [0.15, 0.2) is 0 Å². The smallest absolute Gasteiger partial charge is 0.244 e. The molecule has 0 saturated carbocycles. The van der Waals surface area contributed by atoms with Crippen molar-refractivity contribution in [2.75, 3.05) is 5.73 Å². The van der Waals surface area contributed by atoms with Gasteiger partial charge in [0, 0.05) is 12.2 Å². The van der Waals surface area contributed by atoms with Gasteiger partial charge in [0.1, 0.15) is 4.90 Å². The first-order chi connectivity index (χ1) is 8.90. The number of benzene rings is 1. The first-order valence-corrected chi connectivity index (χ1v) is 7.24. The molecule has 0 fully saturated rings. The Morgan fingerprint density at radius 3 is 2.68 bits per heavy atom. The van der Waals surface area contributed by atoms with E-state index in [1.165, 1.54) is 0 Å². The van der Waals surface area contributed by atoms with Gasteiger partial charge in [-0.2, -0.15) is 5.10 Å². The lowest BCUT2D eigenvalue weighted by Crippen LogP contribution is -2.24. The molecule has 7 heteroatoms. The summed E-state index contributed by atoms with van der Waals surface area (Å²) in [6.07, 6.45) is 0. The maximum atomic E-state index is 12.2. The van der Waals surface area contributed by atoms with E-state index in [9.17, 15) is 8.42 Å². The fourth-order valence-electron chi connectivity index (χ4n) is 1.89. The van der Waals surface area contributed by atoms with Crippen molar-refractivity contribution in [2.45, 2.75) is 25.3 Å². The molecule has 0 aliphatic heterocycles. The Morgan fingerprint density at radius 1 is 1.37 bits per heavy atom. The molecular formula is C12H16N4O2S. The van der Waals surface area contributed by atoms with E-state index in [0.717, 1.165) is 5.56 Å². The summed E-state index contributed by atoms with van der Waals surface area (Å²) < 4.78 is 26.9. The van der Waals surface area contributed by atoms with Gasteiger partial charge in [-0.05, 0) is 31.5 Å². The van der Waals surface area contributed by atoms with Crippen LogP contribution in [0.5, 0.6) is 0 Å². The van der Waals surface area contributed by atoms with Crippen molar-refractivity contribution >= 4 is 15.7 Å². The minimum atomic E-state index is -3.57. The van der Waals surface area contributed by atoms with Crippen LogP contribution in [0.15, 0.2) is 29.2 Å². The normalized spacial score (nSPS) is 11.7. The van der Waals surface area contributed by atoms with Crippen molar-refractivity contribution in [3.63, 3.8) is 0 Å². The number of nitrogen functional groups attached to an aromatic ring is 1. The first kappa shape index (κ1) is 13.6. The fourth-order valence-corrected chi connectivity index (χ4v) is 3.27. The number of H-pyrrole nitrogens is 1. The lowest BCUT2D eigenvalue weighted by Gasteiger charge is -2.07. The van der Waals surface area contributed by atoms with Gasteiger partial charge in [-0.3, -0.25) is 5.10 Å². The quantitative estimate of drug-likeness (QED) is 0.730. The highest BCUT2D eigenvalue weighted by molar-refractivity contribution is 7.89. The number of hydrogen-bond acceptors (Lipinski definition) is 4. The second kappa shape index (κ2) is 5.02. The summed E-state index contributed by atoms with van der Waals surface area (Å²) in [7, 11) is -3.57. The van der Waals surface area contributed by atoms with E-state index in [0.29, 0.717) is 17.1 Å². The fraction of sp³-hybridized carbons (Fsp3) is 0.250. The third-order valence-electron chi connectivity index (χ3n) is 2.75. The standard InChI is InChI=1S/C12H16N4O2S/c1-8-12(9(2)16-15-8)19(17,18)14-7-10-4-3-5-11(13)6-10/h3-6,14H,7,13H2,1-2H3,(H,15,16). The van der Waals surface area contributed by atoms with Gasteiger partial charge in [0.05, 0.1) is 11.4 Å². The number of sulfonamides is 1. The molecule has 1 aromatic heterocycles. The molecule has 2 rings (SSSR count). The molecule has 0 atom stereocenters. The molecule has 0 aliphatic rings. The third-order valence-corrected chi connectivity index (χ3v) is 4.41. The predicted molar refractivity (Wildman–Crippen MR) is 72.9 cm³/mol. The Bertz CT molecular complexity index is 672. The summed E-state index contributed by atoms with van der Waals surface area (Å²) in [6.45, 7) is 3.52. The number of anilines is 1. The average Bonchev–Trinajstić information content (AvgIpc) is 2.67. The highest BCUT2D eigenvalue weighted by atomic mass is 32.2. The van der Waals surface area contributed by atoms with Crippen LogP contribution in [0.4, 0.5) is 5.69 Å². The van der Waals surface area contributed by atoms with Gasteiger partial charge >= 0.3 is 0 Å². The van der Waals surface area contributed by atoms with Crippen LogP contribution < -0.4 is 10.5 Å². The number of nitrogens with one attached hydrogen (secondary N) is 2. The zero-order valence-electron chi connectivity index (χ0n) is 10.8. The second-order valence-electron chi connectivity index (χ2n) is 4.33. The molecule has 0 unspecified atom stereocenters. The first-order valence-electron chi connectivity index (χ1n) is 5.76. The minimum Gasteiger partial charge on any atom is -0.399 e. The van der Waals surface area contributed by atoms with E-state index >= 15 is 0 Å². The van der Waals surface area contributed by atoms with Crippen molar-refractivity contribution in [3.05, 3.63) is 41.2 Å². The van der Waals surface area contributed by atoms with Crippen molar-refractivity contribution < 1.29 is 8.42 Å². The maximum Gasteiger partial charge on any atom is 0.244 e. The van der Waals surface area contributed by atoms with Gasteiger partial charge in [-0.25, -0.2) is 13.1 Å². The molecule has 1 aromatic carbocycles. The molecular weight excluding hydrogens is 264 g/mol. The number of nitrogens with zero attached hydrogens (tertiary/aromatic N) is 1. The van der Waals surface area contributed by atoms with E-state index in [4.69, 9.17) is 5.73 Å². The number of nitrogens with two attached hydrogens (primary N) is 1. The monoisotopic (exact) mass is 280 g/mol. The number of aryl methyl sites for hydroxylation is 2. The summed E-state index contributed by atoms with van der Waals surface area (Å²) in [6, 6.07) is 7.08. The Morgan fingerprint density at radius 2 is 2.11 bits per heavy atom. The molecule has 102 valence electrons. The molecule has 1 heterocycles. The van der Waals surface area contributed by atoms with Gasteiger partial charge < -0.3 is 5.73 Å². The molecule has 0 bridgehead atoms. The Labute approximate surface area is 112 Å². The van der Waals surface area contributed by atoms with Crippen LogP contribution in [0, 0.1) is 13.8 Å². The lowest BCUT2D eigenvalue weighted by molar-refractivity contribution is 0.580. The zero-order chi connectivity index (χ0) is 14.0. The largest absolute Gasteiger partial charge is 0.399 e. The van der Waals surface area contributed by atoms with Crippen LogP contribution in [0.1, 0.15) is 17.0 Å². The van der Waals surface area contributed by atoms with Gasteiger partial charge in [0.25, 0.3) is 0 Å². The average molecular weight is 280 g/mol. The zero-order valence-corrected chi connectivity index (χ0v) is 11.6.